The minimum Gasteiger partial charge on any atom is -0.354 e. The summed E-state index contributed by atoms with van der Waals surface area (Å²) in [5, 5.41) is 8.41. The van der Waals surface area contributed by atoms with E-state index in [2.05, 4.69) is 32.2 Å². The molecule has 2 aromatic heterocycles. The Hall–Kier alpha value is -4.06. The van der Waals surface area contributed by atoms with Gasteiger partial charge in [-0.25, -0.2) is 9.97 Å². The fourth-order valence-electron chi connectivity index (χ4n) is 6.95. The highest BCUT2D eigenvalue weighted by molar-refractivity contribution is 6.07. The number of ketones is 1. The van der Waals surface area contributed by atoms with E-state index in [1.54, 1.807) is 22.0 Å². The summed E-state index contributed by atoms with van der Waals surface area (Å²) in [6, 6.07) is 3.01. The maximum Gasteiger partial charge on any atom is 0.246 e. The lowest BCUT2D eigenvalue weighted by atomic mass is 9.76. The SMILES string of the molecule is CC(=O)c1nn(CC(=O)N2[C@H](C(=O)NCCC3CCCCC3)C[C@@]3(C)C#C[C@@H]23)c2c(C)cc(-c3cnc(C)nc3)cc12. The smallest absolute Gasteiger partial charge is 0.246 e. The van der Waals surface area contributed by atoms with E-state index in [1.165, 1.54) is 39.0 Å². The summed E-state index contributed by atoms with van der Waals surface area (Å²) >= 11 is 0. The highest BCUT2D eigenvalue weighted by Gasteiger charge is 2.55. The summed E-state index contributed by atoms with van der Waals surface area (Å²) < 4.78 is 1.61. The molecule has 2 aliphatic carbocycles. The van der Waals surface area contributed by atoms with Gasteiger partial charge in [-0.3, -0.25) is 19.1 Å². The standard InChI is InChI=1S/C33H38N6O3/c1-20-14-24(25-17-35-22(3)36-18-25)15-26-30(21(2)40)37-38(31(20)26)19-29(41)39-27(16-33(4)12-10-28(33)39)32(42)34-13-11-23-8-6-5-7-9-23/h14-15,17-18,23,27-28H,5-9,11,13,16,19H2,1-4H3,(H,34,42)/t27-,28+,33+/m0/s1. The molecule has 3 atom stereocenters. The van der Waals surface area contributed by atoms with Crippen LogP contribution in [0, 0.1) is 37.0 Å². The quantitative estimate of drug-likeness (QED) is 0.320. The van der Waals surface area contributed by atoms with Crippen molar-refractivity contribution in [2.45, 2.75) is 91.3 Å². The van der Waals surface area contributed by atoms with Crippen molar-refractivity contribution >= 4 is 28.5 Å². The van der Waals surface area contributed by atoms with Crippen LogP contribution < -0.4 is 5.32 Å². The van der Waals surface area contributed by atoms with Crippen LogP contribution in [0.5, 0.6) is 0 Å². The van der Waals surface area contributed by atoms with E-state index in [1.807, 2.05) is 32.9 Å². The largest absolute Gasteiger partial charge is 0.354 e. The lowest BCUT2D eigenvalue weighted by molar-refractivity contribution is -0.140. The van der Waals surface area contributed by atoms with Gasteiger partial charge in [-0.2, -0.15) is 5.10 Å². The first-order valence-electron chi connectivity index (χ1n) is 15.1. The molecule has 6 rings (SSSR count). The molecule has 1 aliphatic heterocycles. The average molecular weight is 567 g/mol. The molecule has 2 fully saturated rings. The number of rotatable bonds is 8. The minimum atomic E-state index is -0.593. The Labute approximate surface area is 246 Å². The number of benzene rings is 1. The number of carbonyl (C=O) groups excluding carboxylic acids is 3. The average Bonchev–Trinajstić information content (AvgIpc) is 3.42. The number of carbonyl (C=O) groups is 3. The molecule has 218 valence electrons. The van der Waals surface area contributed by atoms with Crippen molar-refractivity contribution in [3.8, 4) is 23.0 Å². The van der Waals surface area contributed by atoms with Gasteiger partial charge in [0.2, 0.25) is 11.8 Å². The lowest BCUT2D eigenvalue weighted by Gasteiger charge is -2.34. The fourth-order valence-corrected chi connectivity index (χ4v) is 6.95. The van der Waals surface area contributed by atoms with Gasteiger partial charge in [-0.05, 0) is 62.8 Å². The van der Waals surface area contributed by atoms with Crippen molar-refractivity contribution in [3.63, 3.8) is 0 Å². The van der Waals surface area contributed by atoms with E-state index < -0.39 is 11.5 Å². The van der Waals surface area contributed by atoms with Crippen molar-refractivity contribution in [1.82, 2.24) is 30.0 Å². The molecule has 9 heteroatoms. The van der Waals surface area contributed by atoms with Gasteiger partial charge in [0, 0.05) is 36.8 Å². The molecule has 0 spiro atoms. The third kappa shape index (κ3) is 5.08. The van der Waals surface area contributed by atoms with Crippen LogP contribution in [0.2, 0.25) is 0 Å². The number of likely N-dealkylation sites (tertiary alicyclic amines) is 1. The van der Waals surface area contributed by atoms with E-state index in [0.717, 1.165) is 28.6 Å². The molecule has 9 nitrogen and oxygen atoms in total. The number of hydrogen-bond donors (Lipinski definition) is 1. The van der Waals surface area contributed by atoms with Crippen molar-refractivity contribution in [1.29, 1.82) is 0 Å². The van der Waals surface area contributed by atoms with Crippen LogP contribution in [0.1, 0.15) is 80.7 Å². The number of fused-ring (bicyclic) bond motifs is 2. The molecule has 3 aromatic rings. The number of Topliss-reactive ketones (excluding diaryl/α,β-unsaturated/α-hetero) is 1. The summed E-state index contributed by atoms with van der Waals surface area (Å²) in [7, 11) is 0. The molecule has 1 saturated carbocycles. The van der Waals surface area contributed by atoms with E-state index in [9.17, 15) is 14.4 Å². The Bertz CT molecular complexity index is 1630. The van der Waals surface area contributed by atoms with E-state index in [-0.39, 0.29) is 30.2 Å². The predicted molar refractivity (Wildman–Crippen MR) is 159 cm³/mol. The van der Waals surface area contributed by atoms with Crippen molar-refractivity contribution in [2.24, 2.45) is 11.3 Å². The zero-order valence-corrected chi connectivity index (χ0v) is 24.9. The van der Waals surface area contributed by atoms with Crippen LogP contribution in [0.15, 0.2) is 24.5 Å². The molecule has 0 unspecified atom stereocenters. The molecule has 42 heavy (non-hydrogen) atoms. The fraction of sp³-hybridized carbons (Fsp3) is 0.515. The first-order valence-corrected chi connectivity index (χ1v) is 15.1. The van der Waals surface area contributed by atoms with Gasteiger partial charge in [0.1, 0.15) is 30.1 Å². The van der Waals surface area contributed by atoms with Crippen molar-refractivity contribution in [3.05, 3.63) is 41.6 Å². The number of nitrogens with one attached hydrogen (secondary N) is 1. The van der Waals surface area contributed by atoms with Gasteiger partial charge in [-0.1, -0.05) is 43.9 Å². The van der Waals surface area contributed by atoms with Crippen LogP contribution in [0.3, 0.4) is 0 Å². The van der Waals surface area contributed by atoms with Crippen LogP contribution in [0.25, 0.3) is 22.0 Å². The van der Waals surface area contributed by atoms with Crippen LogP contribution >= 0.6 is 0 Å². The van der Waals surface area contributed by atoms with E-state index >= 15 is 0 Å². The summed E-state index contributed by atoms with van der Waals surface area (Å²) in [6.07, 6.45) is 11.3. The Morgan fingerprint density at radius 1 is 1.07 bits per heavy atom. The summed E-state index contributed by atoms with van der Waals surface area (Å²) in [5.74, 6) is 7.17. The summed E-state index contributed by atoms with van der Waals surface area (Å²) in [4.78, 5) is 50.3. The molecule has 0 radical (unpaired) electrons. The molecule has 1 N–H and O–H groups in total. The lowest BCUT2D eigenvalue weighted by Crippen LogP contribution is -2.52. The molecular weight excluding hydrogens is 528 g/mol. The van der Waals surface area contributed by atoms with Gasteiger partial charge in [0.25, 0.3) is 0 Å². The van der Waals surface area contributed by atoms with Gasteiger partial charge < -0.3 is 10.2 Å². The second kappa shape index (κ2) is 11.0. The zero-order chi connectivity index (χ0) is 29.6. The number of aryl methyl sites for hydroxylation is 2. The Morgan fingerprint density at radius 2 is 1.81 bits per heavy atom. The first-order chi connectivity index (χ1) is 20.1. The van der Waals surface area contributed by atoms with E-state index in [0.29, 0.717) is 35.8 Å². The van der Waals surface area contributed by atoms with Gasteiger partial charge >= 0.3 is 0 Å². The van der Waals surface area contributed by atoms with Gasteiger partial charge in [0.05, 0.1) is 10.9 Å². The summed E-state index contributed by atoms with van der Waals surface area (Å²) in [5.41, 5.74) is 3.23. The molecule has 3 heterocycles. The topological polar surface area (TPSA) is 110 Å². The van der Waals surface area contributed by atoms with Crippen LogP contribution in [0.4, 0.5) is 0 Å². The monoisotopic (exact) mass is 566 g/mol. The molecule has 1 saturated heterocycles. The first kappa shape index (κ1) is 28.1. The number of aromatic nitrogens is 4. The highest BCUT2D eigenvalue weighted by Crippen LogP contribution is 2.45. The second-order valence-corrected chi connectivity index (χ2v) is 12.5. The maximum absolute atomic E-state index is 14.0. The molecular formula is C33H38N6O3. The Balaban J connectivity index is 1.25. The molecule has 1 aromatic carbocycles. The van der Waals surface area contributed by atoms with E-state index in [4.69, 9.17) is 0 Å². The van der Waals surface area contributed by atoms with Crippen LogP contribution in [-0.2, 0) is 16.1 Å². The maximum atomic E-state index is 14.0. The third-order valence-electron chi connectivity index (χ3n) is 9.26. The number of hydrogen-bond acceptors (Lipinski definition) is 6. The minimum absolute atomic E-state index is 0.0856. The Kier molecular flexibility index (Phi) is 7.34. The number of amides is 2. The highest BCUT2D eigenvalue weighted by atomic mass is 16.2. The Morgan fingerprint density at radius 3 is 2.48 bits per heavy atom. The van der Waals surface area contributed by atoms with Gasteiger partial charge in [-0.15, -0.1) is 0 Å². The second-order valence-electron chi connectivity index (χ2n) is 12.5. The number of nitrogens with zero attached hydrogens (tertiary/aromatic N) is 5. The van der Waals surface area contributed by atoms with Crippen LogP contribution in [-0.4, -0.2) is 60.9 Å². The third-order valence-corrected chi connectivity index (χ3v) is 9.26. The van der Waals surface area contributed by atoms with Gasteiger partial charge in [0.15, 0.2) is 5.78 Å². The molecule has 0 bridgehead atoms. The zero-order valence-electron chi connectivity index (χ0n) is 24.9. The molecule has 3 aliphatic rings. The summed E-state index contributed by atoms with van der Waals surface area (Å²) in [6.45, 7) is 7.83. The van der Waals surface area contributed by atoms with Crippen molar-refractivity contribution in [2.75, 3.05) is 6.54 Å². The molecule has 2 amide bonds. The van der Waals surface area contributed by atoms with Crippen molar-refractivity contribution < 1.29 is 14.4 Å². The predicted octanol–water partition coefficient (Wildman–Crippen LogP) is 4.39. The normalized spacial score (nSPS) is 23.2.